The van der Waals surface area contributed by atoms with Crippen molar-refractivity contribution in [1.29, 1.82) is 0 Å². The molecular formula is C17H26N2O3. The van der Waals surface area contributed by atoms with Crippen LogP contribution < -0.4 is 15.4 Å². The van der Waals surface area contributed by atoms with Crippen LogP contribution in [0.4, 0.5) is 10.5 Å². The van der Waals surface area contributed by atoms with Gasteiger partial charge < -0.3 is 20.1 Å². The Bertz CT molecular complexity index is 488. The average molecular weight is 306 g/mol. The lowest BCUT2D eigenvalue weighted by atomic mass is 9.86. The number of hydrogen-bond acceptors (Lipinski definition) is 4. The number of anilines is 1. The van der Waals surface area contributed by atoms with Crippen LogP contribution in [-0.4, -0.2) is 30.4 Å². The Morgan fingerprint density at radius 1 is 1.18 bits per heavy atom. The summed E-state index contributed by atoms with van der Waals surface area (Å²) in [6, 6.07) is 8.52. The van der Waals surface area contributed by atoms with Gasteiger partial charge in [-0.05, 0) is 64.8 Å². The van der Waals surface area contributed by atoms with Crippen LogP contribution in [0.1, 0.15) is 40.5 Å². The molecule has 2 N–H and O–H groups in total. The molecule has 122 valence electrons. The standard InChI is InChI=1S/C17H26N2O3/c1-5-21-15-8-6-12(7-9-15)18-13-10-14(11-13)19-16(20)22-17(2,3)4/h6-9,13-14,18H,5,10-11H2,1-4H3,(H,19,20). The summed E-state index contributed by atoms with van der Waals surface area (Å²) >= 11 is 0. The smallest absolute Gasteiger partial charge is 0.407 e. The Labute approximate surface area is 132 Å². The van der Waals surface area contributed by atoms with Crippen molar-refractivity contribution in [2.75, 3.05) is 11.9 Å². The summed E-state index contributed by atoms with van der Waals surface area (Å²) < 4.78 is 10.7. The summed E-state index contributed by atoms with van der Waals surface area (Å²) in [6.45, 7) is 8.24. The van der Waals surface area contributed by atoms with E-state index in [-0.39, 0.29) is 12.1 Å². The molecule has 1 aliphatic rings. The molecule has 0 radical (unpaired) electrons. The van der Waals surface area contributed by atoms with Crippen LogP contribution in [0.2, 0.25) is 0 Å². The molecule has 1 saturated carbocycles. The number of benzene rings is 1. The lowest BCUT2D eigenvalue weighted by Gasteiger charge is -2.37. The summed E-state index contributed by atoms with van der Waals surface area (Å²) in [4.78, 5) is 11.7. The van der Waals surface area contributed by atoms with Crippen LogP contribution in [0.3, 0.4) is 0 Å². The fourth-order valence-electron chi connectivity index (χ4n) is 2.38. The number of nitrogens with one attached hydrogen (secondary N) is 2. The van der Waals surface area contributed by atoms with Gasteiger partial charge in [-0.2, -0.15) is 0 Å². The zero-order valence-electron chi connectivity index (χ0n) is 13.8. The minimum absolute atomic E-state index is 0.190. The number of carbonyl (C=O) groups is 1. The Kier molecular flexibility index (Phi) is 5.16. The van der Waals surface area contributed by atoms with E-state index in [0.717, 1.165) is 24.3 Å². The van der Waals surface area contributed by atoms with Crippen LogP contribution in [0, 0.1) is 0 Å². The van der Waals surface area contributed by atoms with Crippen molar-refractivity contribution < 1.29 is 14.3 Å². The molecule has 1 aromatic rings. The van der Waals surface area contributed by atoms with Crippen molar-refractivity contribution in [3.05, 3.63) is 24.3 Å². The molecule has 1 fully saturated rings. The molecule has 0 bridgehead atoms. The predicted molar refractivity (Wildman–Crippen MR) is 87.4 cm³/mol. The molecule has 5 heteroatoms. The zero-order chi connectivity index (χ0) is 16.2. The first-order chi connectivity index (χ1) is 10.4. The SMILES string of the molecule is CCOc1ccc(NC2CC(NC(=O)OC(C)(C)C)C2)cc1. The third-order valence-electron chi connectivity index (χ3n) is 3.40. The van der Waals surface area contributed by atoms with Crippen molar-refractivity contribution in [2.24, 2.45) is 0 Å². The highest BCUT2D eigenvalue weighted by Gasteiger charge is 2.31. The molecule has 0 spiro atoms. The van der Waals surface area contributed by atoms with Crippen LogP contribution >= 0.6 is 0 Å². The predicted octanol–water partition coefficient (Wildman–Crippen LogP) is 3.55. The highest BCUT2D eigenvalue weighted by atomic mass is 16.6. The second kappa shape index (κ2) is 6.90. The molecule has 1 aliphatic carbocycles. The first-order valence-corrected chi connectivity index (χ1v) is 7.84. The minimum atomic E-state index is -0.451. The Morgan fingerprint density at radius 2 is 1.82 bits per heavy atom. The third-order valence-corrected chi connectivity index (χ3v) is 3.40. The third kappa shape index (κ3) is 5.13. The number of alkyl carbamates (subject to hydrolysis) is 1. The summed E-state index contributed by atoms with van der Waals surface area (Å²) in [5.41, 5.74) is 0.623. The monoisotopic (exact) mass is 306 g/mol. The molecule has 0 heterocycles. The Hall–Kier alpha value is -1.91. The van der Waals surface area contributed by atoms with Gasteiger partial charge >= 0.3 is 6.09 Å². The highest BCUT2D eigenvalue weighted by molar-refractivity contribution is 5.68. The van der Waals surface area contributed by atoms with E-state index >= 15 is 0 Å². The second-order valence-electron chi connectivity index (χ2n) is 6.61. The van der Waals surface area contributed by atoms with E-state index in [2.05, 4.69) is 10.6 Å². The molecule has 5 nitrogen and oxygen atoms in total. The fourth-order valence-corrected chi connectivity index (χ4v) is 2.38. The van der Waals surface area contributed by atoms with Gasteiger partial charge in [0.25, 0.3) is 0 Å². The molecule has 22 heavy (non-hydrogen) atoms. The van der Waals surface area contributed by atoms with E-state index in [0.29, 0.717) is 12.6 Å². The van der Waals surface area contributed by atoms with Crippen LogP contribution in [-0.2, 0) is 4.74 Å². The van der Waals surface area contributed by atoms with Gasteiger partial charge in [-0.25, -0.2) is 4.79 Å². The number of hydrogen-bond donors (Lipinski definition) is 2. The molecule has 0 saturated heterocycles. The van der Waals surface area contributed by atoms with Crippen molar-refractivity contribution in [1.82, 2.24) is 5.32 Å². The van der Waals surface area contributed by atoms with Gasteiger partial charge in [-0.15, -0.1) is 0 Å². The molecule has 1 aromatic carbocycles. The van der Waals surface area contributed by atoms with Gasteiger partial charge in [0.05, 0.1) is 6.61 Å². The number of rotatable bonds is 5. The largest absolute Gasteiger partial charge is 0.494 e. The molecule has 1 amide bonds. The van der Waals surface area contributed by atoms with Crippen LogP contribution in [0.15, 0.2) is 24.3 Å². The first-order valence-electron chi connectivity index (χ1n) is 7.84. The van der Waals surface area contributed by atoms with Gasteiger partial charge in [-0.3, -0.25) is 0 Å². The molecule has 2 rings (SSSR count). The van der Waals surface area contributed by atoms with Gasteiger partial charge in [0.1, 0.15) is 11.4 Å². The maximum Gasteiger partial charge on any atom is 0.407 e. The molecule has 0 aromatic heterocycles. The van der Waals surface area contributed by atoms with Crippen LogP contribution in [0.5, 0.6) is 5.75 Å². The van der Waals surface area contributed by atoms with E-state index in [9.17, 15) is 4.79 Å². The number of amides is 1. The molecule has 0 unspecified atom stereocenters. The van der Waals surface area contributed by atoms with E-state index in [1.807, 2.05) is 52.0 Å². The minimum Gasteiger partial charge on any atom is -0.494 e. The van der Waals surface area contributed by atoms with E-state index in [1.165, 1.54) is 0 Å². The van der Waals surface area contributed by atoms with Gasteiger partial charge in [0.15, 0.2) is 0 Å². The van der Waals surface area contributed by atoms with Crippen molar-refractivity contribution in [3.8, 4) is 5.75 Å². The van der Waals surface area contributed by atoms with Gasteiger partial charge in [-0.1, -0.05) is 0 Å². The summed E-state index contributed by atoms with van der Waals surface area (Å²) in [6.07, 6.45) is 1.48. The number of ether oxygens (including phenoxy) is 2. The average Bonchev–Trinajstić information content (AvgIpc) is 2.36. The Balaban J connectivity index is 1.70. The summed E-state index contributed by atoms with van der Waals surface area (Å²) in [5, 5.41) is 6.34. The number of carbonyl (C=O) groups excluding carboxylic acids is 1. The van der Waals surface area contributed by atoms with E-state index in [1.54, 1.807) is 0 Å². The topological polar surface area (TPSA) is 59.6 Å². The lowest BCUT2D eigenvalue weighted by molar-refractivity contribution is 0.0475. The van der Waals surface area contributed by atoms with E-state index in [4.69, 9.17) is 9.47 Å². The van der Waals surface area contributed by atoms with Crippen molar-refractivity contribution >= 4 is 11.8 Å². The van der Waals surface area contributed by atoms with E-state index < -0.39 is 5.60 Å². The summed E-state index contributed by atoms with van der Waals surface area (Å²) in [5.74, 6) is 0.881. The lowest BCUT2D eigenvalue weighted by Crippen LogP contribution is -2.50. The quantitative estimate of drug-likeness (QED) is 0.873. The highest BCUT2D eigenvalue weighted by Crippen LogP contribution is 2.25. The van der Waals surface area contributed by atoms with Crippen molar-refractivity contribution in [2.45, 2.75) is 58.2 Å². The zero-order valence-corrected chi connectivity index (χ0v) is 13.8. The Morgan fingerprint density at radius 3 is 2.36 bits per heavy atom. The maximum atomic E-state index is 11.7. The summed E-state index contributed by atoms with van der Waals surface area (Å²) in [7, 11) is 0. The van der Waals surface area contributed by atoms with Crippen LogP contribution in [0.25, 0.3) is 0 Å². The molecule has 0 atom stereocenters. The fraction of sp³-hybridized carbons (Fsp3) is 0.588. The molecule has 0 aliphatic heterocycles. The molecular weight excluding hydrogens is 280 g/mol. The van der Waals surface area contributed by atoms with Gasteiger partial charge in [0, 0.05) is 17.8 Å². The normalized spacial score (nSPS) is 20.7. The van der Waals surface area contributed by atoms with Gasteiger partial charge in [0.2, 0.25) is 0 Å². The first kappa shape index (κ1) is 16.5. The second-order valence-corrected chi connectivity index (χ2v) is 6.61. The maximum absolute atomic E-state index is 11.7. The van der Waals surface area contributed by atoms with Crippen molar-refractivity contribution in [3.63, 3.8) is 0 Å².